The molecule has 13 rings (SSSR count). The van der Waals surface area contributed by atoms with Crippen molar-refractivity contribution in [1.82, 2.24) is 0 Å². The van der Waals surface area contributed by atoms with Crippen molar-refractivity contribution in [2.24, 2.45) is 0 Å². The fourth-order valence-corrected chi connectivity index (χ4v) is 14.9. The van der Waals surface area contributed by atoms with Crippen LogP contribution in [0.3, 0.4) is 0 Å². The molecular formula is C78H88BN3O. The van der Waals surface area contributed by atoms with Crippen molar-refractivity contribution in [3.8, 4) is 0 Å². The number of nitrogens with zero attached hydrogens (tertiary/aromatic N) is 3. The summed E-state index contributed by atoms with van der Waals surface area (Å²) in [5.74, 6) is 0. The second-order valence-electron chi connectivity index (χ2n) is 31.4. The summed E-state index contributed by atoms with van der Waals surface area (Å²) < 4.78 is 6.60. The lowest BCUT2D eigenvalue weighted by Gasteiger charge is -2.48. The molecule has 0 unspecified atom stereocenters. The minimum absolute atomic E-state index is 0.00278. The highest BCUT2D eigenvalue weighted by atomic mass is 16.3. The molecule has 0 saturated carbocycles. The third-order valence-electron chi connectivity index (χ3n) is 20.5. The van der Waals surface area contributed by atoms with Crippen molar-refractivity contribution in [3.05, 3.63) is 190 Å². The van der Waals surface area contributed by atoms with Gasteiger partial charge in [0, 0.05) is 62.0 Å². The largest absolute Gasteiger partial charge is 0.456 e. The fourth-order valence-electron chi connectivity index (χ4n) is 14.9. The lowest BCUT2D eigenvalue weighted by molar-refractivity contribution is 0.332. The molecule has 2 aliphatic carbocycles. The summed E-state index contributed by atoms with van der Waals surface area (Å²) in [6.07, 6.45) is 4.63. The third kappa shape index (κ3) is 8.82. The van der Waals surface area contributed by atoms with Gasteiger partial charge in [0.25, 0.3) is 6.71 Å². The molecule has 0 N–H and O–H groups in total. The highest BCUT2D eigenvalue weighted by Gasteiger charge is 2.48. The van der Waals surface area contributed by atoms with Crippen LogP contribution >= 0.6 is 0 Å². The maximum absolute atomic E-state index is 6.60. The number of hydrogen-bond donors (Lipinski definition) is 0. The quantitative estimate of drug-likeness (QED) is 0.160. The molecule has 0 atom stereocenters. The van der Waals surface area contributed by atoms with Gasteiger partial charge in [-0.3, -0.25) is 0 Å². The van der Waals surface area contributed by atoms with E-state index in [1.54, 1.807) is 0 Å². The zero-order valence-corrected chi connectivity index (χ0v) is 53.4. The van der Waals surface area contributed by atoms with Crippen molar-refractivity contribution in [2.75, 3.05) is 14.7 Å². The number of fused-ring (bicyclic) bond motifs is 9. The molecule has 5 heteroatoms. The number of benzene rings is 8. The summed E-state index contributed by atoms with van der Waals surface area (Å²) in [4.78, 5) is 7.91. The van der Waals surface area contributed by atoms with Crippen molar-refractivity contribution in [2.45, 2.75) is 195 Å². The zero-order valence-electron chi connectivity index (χ0n) is 53.4. The number of para-hydroxylation sites is 1. The van der Waals surface area contributed by atoms with Gasteiger partial charge in [-0.25, -0.2) is 0 Å². The van der Waals surface area contributed by atoms with Crippen LogP contribution in [0.15, 0.2) is 144 Å². The maximum Gasteiger partial charge on any atom is 0.252 e. The van der Waals surface area contributed by atoms with Crippen LogP contribution in [0, 0.1) is 13.8 Å². The molecule has 0 fully saturated rings. The van der Waals surface area contributed by atoms with Crippen LogP contribution in [0.5, 0.6) is 0 Å². The Kier molecular flexibility index (Phi) is 12.2. The molecule has 2 aliphatic heterocycles. The van der Waals surface area contributed by atoms with E-state index in [9.17, 15) is 0 Å². The number of hydrogen-bond acceptors (Lipinski definition) is 4. The molecule has 83 heavy (non-hydrogen) atoms. The van der Waals surface area contributed by atoms with E-state index in [1.165, 1.54) is 113 Å². The second kappa shape index (κ2) is 18.3. The van der Waals surface area contributed by atoms with E-state index in [0.717, 1.165) is 52.6 Å². The number of furan rings is 1. The smallest absolute Gasteiger partial charge is 0.252 e. The van der Waals surface area contributed by atoms with Gasteiger partial charge >= 0.3 is 0 Å². The third-order valence-corrected chi connectivity index (χ3v) is 20.5. The Morgan fingerprint density at radius 3 is 1.45 bits per heavy atom. The lowest BCUT2D eigenvalue weighted by atomic mass is 9.33. The minimum Gasteiger partial charge on any atom is -0.456 e. The van der Waals surface area contributed by atoms with E-state index in [1.807, 2.05) is 0 Å². The molecule has 0 radical (unpaired) electrons. The van der Waals surface area contributed by atoms with Crippen molar-refractivity contribution >= 4 is 96.2 Å². The molecule has 3 heterocycles. The van der Waals surface area contributed by atoms with Gasteiger partial charge in [0.05, 0.1) is 0 Å². The van der Waals surface area contributed by atoms with E-state index >= 15 is 0 Å². The van der Waals surface area contributed by atoms with Gasteiger partial charge in [-0.1, -0.05) is 178 Å². The summed E-state index contributed by atoms with van der Waals surface area (Å²) in [5.41, 5.74) is 29.1. The van der Waals surface area contributed by atoms with Gasteiger partial charge in [0.1, 0.15) is 11.2 Å². The SMILES string of the molecule is Cc1cc(C(C)(C)C)ccc1N(c1ccc2c(c1)N(c1ccc3oc4ccccc4c3c1)c1cc(C(C)(C)C)cc3c1B2c1cc2c(cc1N3c1ccc3c(c1)C(C)(C)CCC3(C)C)C(C)(C)CCC2(C)C)c1ccc(C(C)(C)C)cc1C. The van der Waals surface area contributed by atoms with Gasteiger partial charge in [-0.05, 0) is 223 Å². The lowest BCUT2D eigenvalue weighted by Crippen LogP contribution is -2.62. The average Bonchev–Trinajstić information content (AvgIpc) is 2.36. The van der Waals surface area contributed by atoms with E-state index in [-0.39, 0.29) is 44.6 Å². The molecule has 424 valence electrons. The van der Waals surface area contributed by atoms with Gasteiger partial charge in [-0.15, -0.1) is 0 Å². The molecule has 0 bridgehead atoms. The zero-order chi connectivity index (χ0) is 59.0. The van der Waals surface area contributed by atoms with E-state index in [0.29, 0.717) is 0 Å². The van der Waals surface area contributed by atoms with Crippen molar-refractivity contribution < 1.29 is 4.42 Å². The Labute approximate surface area is 497 Å². The van der Waals surface area contributed by atoms with Gasteiger partial charge in [0.15, 0.2) is 0 Å². The van der Waals surface area contributed by atoms with Gasteiger partial charge in [-0.2, -0.15) is 0 Å². The Balaban J connectivity index is 1.15. The summed E-state index contributed by atoms with van der Waals surface area (Å²) in [6.45, 7) is 45.5. The average molecular weight is 1090 g/mol. The van der Waals surface area contributed by atoms with Gasteiger partial charge < -0.3 is 19.1 Å². The molecule has 9 aromatic rings. The summed E-state index contributed by atoms with van der Waals surface area (Å²) in [5, 5.41) is 2.25. The Bertz CT molecular complexity index is 4100. The molecule has 1 aromatic heterocycles. The van der Waals surface area contributed by atoms with Crippen LogP contribution in [-0.4, -0.2) is 6.71 Å². The highest BCUT2D eigenvalue weighted by molar-refractivity contribution is 7.00. The summed E-state index contributed by atoms with van der Waals surface area (Å²) in [7, 11) is 0. The first-order valence-corrected chi connectivity index (χ1v) is 31.0. The van der Waals surface area contributed by atoms with E-state index in [4.69, 9.17) is 4.42 Å². The predicted octanol–water partition coefficient (Wildman–Crippen LogP) is 20.3. The number of aryl methyl sites for hydroxylation is 2. The predicted molar refractivity (Wildman–Crippen MR) is 359 cm³/mol. The first-order valence-electron chi connectivity index (χ1n) is 31.0. The van der Waals surface area contributed by atoms with E-state index < -0.39 is 0 Å². The maximum atomic E-state index is 6.60. The molecule has 4 nitrogen and oxygen atoms in total. The first-order chi connectivity index (χ1) is 38.8. The molecule has 0 saturated heterocycles. The normalized spacial score (nSPS) is 17.5. The second-order valence-corrected chi connectivity index (χ2v) is 31.4. The topological polar surface area (TPSA) is 22.9 Å². The first kappa shape index (κ1) is 55.2. The van der Waals surface area contributed by atoms with Crippen molar-refractivity contribution in [3.63, 3.8) is 0 Å². The molecule has 0 spiro atoms. The van der Waals surface area contributed by atoms with Crippen LogP contribution in [0.25, 0.3) is 21.9 Å². The summed E-state index contributed by atoms with van der Waals surface area (Å²) in [6, 6.07) is 55.3. The Morgan fingerprint density at radius 1 is 0.410 bits per heavy atom. The monoisotopic (exact) mass is 1090 g/mol. The Hall–Kier alpha value is -6.98. The van der Waals surface area contributed by atoms with Gasteiger partial charge in [0.2, 0.25) is 0 Å². The number of rotatable bonds is 5. The van der Waals surface area contributed by atoms with Crippen molar-refractivity contribution in [1.29, 1.82) is 0 Å². The molecule has 8 aromatic carbocycles. The van der Waals surface area contributed by atoms with Crippen LogP contribution in [-0.2, 0) is 37.9 Å². The number of anilines is 9. The Morgan fingerprint density at radius 2 is 0.892 bits per heavy atom. The minimum atomic E-state index is -0.181. The summed E-state index contributed by atoms with van der Waals surface area (Å²) >= 11 is 0. The fraction of sp³-hybridized carbons (Fsp3) is 0.385. The molecular weight excluding hydrogens is 1010 g/mol. The van der Waals surface area contributed by atoms with E-state index in [2.05, 4.69) is 286 Å². The molecule has 4 aliphatic rings. The standard InChI is InChI=1S/C78H88BN3O/c1-47-38-49(72(3,4)5)24-31-63(47)80(64-32-25-50(39-48(64)2)73(6,7)8)54-27-30-61-65(44-54)81(52-28-33-70-56(42-52)55-22-20-21-23-69(55)83-70)67-40-51(74(9,10)11)41-68-71(67)79(61)62-45-59-60(78(18,19)37-36-77(59,16)17)46-66(62)82(68)53-26-29-57-58(43-53)76(14,15)35-34-75(57,12)13/h20-33,38-46H,34-37H2,1-19H3. The van der Waals surface area contributed by atoms with Crippen LogP contribution < -0.4 is 31.1 Å². The van der Waals surface area contributed by atoms with Crippen LogP contribution in [0.4, 0.5) is 51.2 Å². The van der Waals surface area contributed by atoms with Crippen LogP contribution in [0.2, 0.25) is 0 Å². The molecule has 0 amide bonds. The highest BCUT2D eigenvalue weighted by Crippen LogP contribution is 2.54. The van der Waals surface area contributed by atoms with Crippen LogP contribution in [0.1, 0.15) is 193 Å².